The summed E-state index contributed by atoms with van der Waals surface area (Å²) in [4.78, 5) is 11.6. The van der Waals surface area contributed by atoms with E-state index in [1.807, 2.05) is 62.4 Å². The Morgan fingerprint density at radius 2 is 1.55 bits per heavy atom. The molecule has 0 unspecified atom stereocenters. The summed E-state index contributed by atoms with van der Waals surface area (Å²) in [5, 5.41) is 0. The van der Waals surface area contributed by atoms with E-state index in [1.54, 1.807) is 12.1 Å². The topological polar surface area (TPSA) is 57.9 Å². The second-order valence-electron chi connectivity index (χ2n) is 7.34. The lowest BCUT2D eigenvalue weighted by molar-refractivity contribution is -0.0176. The molecule has 0 N–H and O–H groups in total. The summed E-state index contributed by atoms with van der Waals surface area (Å²) in [7, 11) is 0. The van der Waals surface area contributed by atoms with Crippen molar-refractivity contribution < 1.29 is 18.6 Å². The van der Waals surface area contributed by atoms with Crippen LogP contribution in [0.4, 0.5) is 0 Å². The average molecular weight is 392 g/mol. The third-order valence-electron chi connectivity index (χ3n) is 4.97. The van der Waals surface area contributed by atoms with Gasteiger partial charge < -0.3 is 18.6 Å². The Morgan fingerprint density at radius 3 is 2.21 bits per heavy atom. The summed E-state index contributed by atoms with van der Waals surface area (Å²) < 4.78 is 23.6. The van der Waals surface area contributed by atoms with Crippen LogP contribution in [0.3, 0.4) is 0 Å². The lowest BCUT2D eigenvalue weighted by atomic mass is 10.1. The minimum absolute atomic E-state index is 0.223. The Bertz CT molecular complexity index is 991. The van der Waals surface area contributed by atoms with Crippen molar-refractivity contribution in [2.24, 2.45) is 0 Å². The van der Waals surface area contributed by atoms with E-state index in [0.29, 0.717) is 18.8 Å². The van der Waals surface area contributed by atoms with Crippen molar-refractivity contribution in [1.82, 2.24) is 0 Å². The molecule has 5 nitrogen and oxygen atoms in total. The largest absolute Gasteiger partial charge is 0.491 e. The molecule has 0 bridgehead atoms. The summed E-state index contributed by atoms with van der Waals surface area (Å²) in [5.41, 5.74) is 1.96. The third kappa shape index (κ3) is 4.87. The highest BCUT2D eigenvalue weighted by molar-refractivity contribution is 5.27. The van der Waals surface area contributed by atoms with Crippen molar-refractivity contribution in [2.45, 2.75) is 38.6 Å². The van der Waals surface area contributed by atoms with Crippen LogP contribution < -0.4 is 15.1 Å². The highest BCUT2D eigenvalue weighted by Gasteiger charge is 2.39. The molecule has 2 aromatic carbocycles. The first kappa shape index (κ1) is 19.3. The highest BCUT2D eigenvalue weighted by atomic mass is 16.6. The molecule has 1 aliphatic heterocycles. The Labute approximate surface area is 169 Å². The molecule has 0 radical (unpaired) electrons. The maximum atomic E-state index is 11.6. The molecular formula is C24H24O5. The second kappa shape index (κ2) is 8.53. The maximum absolute atomic E-state index is 11.6. The van der Waals surface area contributed by atoms with Crippen LogP contribution in [0.1, 0.15) is 29.4 Å². The van der Waals surface area contributed by atoms with Crippen LogP contribution >= 0.6 is 0 Å². The molecule has 0 spiro atoms. The van der Waals surface area contributed by atoms with Crippen LogP contribution in [0.25, 0.3) is 0 Å². The number of rotatable bonds is 6. The number of hydrogen-bond acceptors (Lipinski definition) is 5. The zero-order chi connectivity index (χ0) is 20.2. The van der Waals surface area contributed by atoms with Gasteiger partial charge in [-0.25, -0.2) is 4.79 Å². The van der Waals surface area contributed by atoms with Crippen LogP contribution in [0.15, 0.2) is 75.9 Å². The smallest absolute Gasteiger partial charge is 0.335 e. The molecule has 3 atom stereocenters. The van der Waals surface area contributed by atoms with Crippen molar-refractivity contribution in [3.63, 3.8) is 0 Å². The summed E-state index contributed by atoms with van der Waals surface area (Å²) in [6.07, 6.45) is -0.305. The van der Waals surface area contributed by atoms with Crippen LogP contribution in [0, 0.1) is 13.8 Å². The van der Waals surface area contributed by atoms with Gasteiger partial charge in [-0.05, 0) is 44.2 Å². The molecule has 1 fully saturated rings. The summed E-state index contributed by atoms with van der Waals surface area (Å²) in [5.74, 6) is 2.07. The maximum Gasteiger partial charge on any atom is 0.335 e. The summed E-state index contributed by atoms with van der Waals surface area (Å²) >= 11 is 0. The van der Waals surface area contributed by atoms with Gasteiger partial charge in [0, 0.05) is 12.5 Å². The minimum Gasteiger partial charge on any atom is -0.491 e. The molecule has 1 saturated heterocycles. The second-order valence-corrected chi connectivity index (χ2v) is 7.34. The summed E-state index contributed by atoms with van der Waals surface area (Å²) in [6.45, 7) is 4.41. The fraction of sp³-hybridized carbons (Fsp3) is 0.292. The lowest BCUT2D eigenvalue weighted by Crippen LogP contribution is -2.32. The number of hydrogen-bond donors (Lipinski definition) is 0. The SMILES string of the molecule is Cc1ccc(OC[C@H]2O[C@H](c3cccc(=O)o3)C[C@@H]2Oc2ccc(C)cc2)cc1. The van der Waals surface area contributed by atoms with E-state index < -0.39 is 0 Å². The molecule has 3 aromatic rings. The van der Waals surface area contributed by atoms with Gasteiger partial charge in [0.25, 0.3) is 0 Å². The van der Waals surface area contributed by atoms with Gasteiger partial charge in [0.2, 0.25) is 0 Å². The van der Waals surface area contributed by atoms with Gasteiger partial charge in [-0.1, -0.05) is 41.5 Å². The van der Waals surface area contributed by atoms with Gasteiger partial charge in [-0.2, -0.15) is 0 Å². The number of ether oxygens (including phenoxy) is 3. The van der Waals surface area contributed by atoms with Gasteiger partial charge in [0.15, 0.2) is 0 Å². The first-order valence-electron chi connectivity index (χ1n) is 9.75. The Kier molecular flexibility index (Phi) is 5.67. The Hall–Kier alpha value is -3.05. The molecule has 0 amide bonds. The van der Waals surface area contributed by atoms with Crippen molar-refractivity contribution in [3.8, 4) is 11.5 Å². The number of aryl methyl sites for hydroxylation is 2. The van der Waals surface area contributed by atoms with Gasteiger partial charge in [-0.3, -0.25) is 0 Å². The fourth-order valence-corrected chi connectivity index (χ4v) is 3.35. The molecule has 0 aliphatic carbocycles. The van der Waals surface area contributed by atoms with Gasteiger partial charge in [0.05, 0.1) is 0 Å². The Morgan fingerprint density at radius 1 is 0.897 bits per heavy atom. The molecule has 2 heterocycles. The minimum atomic E-state index is -0.388. The van der Waals surface area contributed by atoms with Gasteiger partial charge in [-0.15, -0.1) is 0 Å². The zero-order valence-electron chi connectivity index (χ0n) is 16.5. The van der Waals surface area contributed by atoms with E-state index in [2.05, 4.69) is 0 Å². The Balaban J connectivity index is 1.50. The zero-order valence-corrected chi connectivity index (χ0v) is 16.5. The average Bonchev–Trinajstić information content (AvgIpc) is 3.12. The van der Waals surface area contributed by atoms with E-state index in [4.69, 9.17) is 18.6 Å². The fourth-order valence-electron chi connectivity index (χ4n) is 3.35. The van der Waals surface area contributed by atoms with E-state index in [1.165, 1.54) is 17.2 Å². The molecular weight excluding hydrogens is 368 g/mol. The first-order valence-corrected chi connectivity index (χ1v) is 9.75. The van der Waals surface area contributed by atoms with Crippen molar-refractivity contribution in [1.29, 1.82) is 0 Å². The highest BCUT2D eigenvalue weighted by Crippen LogP contribution is 2.35. The van der Waals surface area contributed by atoms with Crippen molar-refractivity contribution in [3.05, 3.63) is 94.0 Å². The third-order valence-corrected chi connectivity index (χ3v) is 4.97. The van der Waals surface area contributed by atoms with Crippen LogP contribution in [-0.4, -0.2) is 18.8 Å². The van der Waals surface area contributed by atoms with E-state index in [9.17, 15) is 4.79 Å². The van der Waals surface area contributed by atoms with Crippen molar-refractivity contribution in [2.75, 3.05) is 6.61 Å². The molecule has 1 aliphatic rings. The predicted octanol–water partition coefficient (Wildman–Crippen LogP) is 4.61. The van der Waals surface area contributed by atoms with Gasteiger partial charge >= 0.3 is 5.63 Å². The normalized spacial score (nSPS) is 21.1. The first-order chi connectivity index (χ1) is 14.1. The van der Waals surface area contributed by atoms with E-state index >= 15 is 0 Å². The monoisotopic (exact) mass is 392 g/mol. The summed E-state index contributed by atoms with van der Waals surface area (Å²) in [6, 6.07) is 20.6. The van der Waals surface area contributed by atoms with E-state index in [-0.39, 0.29) is 23.9 Å². The molecule has 4 rings (SSSR count). The molecule has 5 heteroatoms. The lowest BCUT2D eigenvalue weighted by Gasteiger charge is -2.20. The molecule has 1 aromatic heterocycles. The quantitative estimate of drug-likeness (QED) is 0.613. The van der Waals surface area contributed by atoms with E-state index in [0.717, 1.165) is 11.5 Å². The van der Waals surface area contributed by atoms with Crippen LogP contribution in [-0.2, 0) is 4.74 Å². The van der Waals surface area contributed by atoms with Crippen molar-refractivity contribution >= 4 is 0 Å². The van der Waals surface area contributed by atoms with Crippen LogP contribution in [0.2, 0.25) is 0 Å². The van der Waals surface area contributed by atoms with Crippen LogP contribution in [0.5, 0.6) is 11.5 Å². The molecule has 150 valence electrons. The standard InChI is InChI=1S/C24H24O5/c1-16-6-10-18(11-7-16)26-15-23-22(27-19-12-8-17(2)9-13-19)14-21(28-23)20-4-3-5-24(25)29-20/h3-13,21-23H,14-15H2,1-2H3/t21-,22-,23+/m0/s1. The molecule has 29 heavy (non-hydrogen) atoms. The van der Waals surface area contributed by atoms with Gasteiger partial charge in [0.1, 0.15) is 42.2 Å². The molecule has 0 saturated carbocycles. The predicted molar refractivity (Wildman–Crippen MR) is 109 cm³/mol. The number of benzene rings is 2.